The van der Waals surface area contributed by atoms with Crippen LogP contribution in [-0.2, 0) is 0 Å². The molecular formula is C14H24N4O. The fraction of sp³-hybridized carbons (Fsp3) is 0.714. The van der Waals surface area contributed by atoms with Gasteiger partial charge in [0.2, 0.25) is 0 Å². The van der Waals surface area contributed by atoms with Gasteiger partial charge in [-0.05, 0) is 26.7 Å². The van der Waals surface area contributed by atoms with Crippen LogP contribution in [0, 0.1) is 6.92 Å². The Morgan fingerprint density at radius 2 is 2.21 bits per heavy atom. The number of hydrogen-bond acceptors (Lipinski definition) is 5. The second-order valence-corrected chi connectivity index (χ2v) is 5.08. The number of anilines is 2. The summed E-state index contributed by atoms with van der Waals surface area (Å²) in [5, 5.41) is 12.9. The van der Waals surface area contributed by atoms with Crippen molar-refractivity contribution in [2.75, 3.05) is 29.9 Å². The van der Waals surface area contributed by atoms with Crippen molar-refractivity contribution in [2.45, 2.75) is 45.6 Å². The molecule has 19 heavy (non-hydrogen) atoms. The maximum absolute atomic E-state index is 9.61. The molecule has 0 spiro atoms. The number of nitrogens with zero attached hydrogens (tertiary/aromatic N) is 3. The van der Waals surface area contributed by atoms with Gasteiger partial charge in [-0.3, -0.25) is 0 Å². The van der Waals surface area contributed by atoms with E-state index < -0.39 is 0 Å². The first kappa shape index (κ1) is 14.1. The van der Waals surface area contributed by atoms with E-state index in [0.717, 1.165) is 43.1 Å². The molecule has 2 rings (SSSR count). The van der Waals surface area contributed by atoms with Crippen LogP contribution in [0.4, 0.5) is 11.6 Å². The van der Waals surface area contributed by atoms with Crippen molar-refractivity contribution in [3.63, 3.8) is 0 Å². The molecule has 1 unspecified atom stereocenters. The Morgan fingerprint density at radius 1 is 1.37 bits per heavy atom. The number of aromatic nitrogens is 2. The molecule has 1 aromatic rings. The van der Waals surface area contributed by atoms with Crippen LogP contribution in [0.5, 0.6) is 0 Å². The minimum Gasteiger partial charge on any atom is -0.394 e. The highest BCUT2D eigenvalue weighted by Gasteiger charge is 2.23. The van der Waals surface area contributed by atoms with Gasteiger partial charge in [-0.1, -0.05) is 12.8 Å². The highest BCUT2D eigenvalue weighted by molar-refractivity contribution is 5.58. The quantitative estimate of drug-likeness (QED) is 0.870. The topological polar surface area (TPSA) is 61.3 Å². The molecule has 0 saturated carbocycles. The van der Waals surface area contributed by atoms with Gasteiger partial charge in [-0.25, -0.2) is 9.97 Å². The minimum atomic E-state index is 0.186. The SMILES string of the molecule is CCNc1ncnc(N2CCCCCC2CO)c1C. The van der Waals surface area contributed by atoms with E-state index in [1.807, 2.05) is 6.92 Å². The van der Waals surface area contributed by atoms with Crippen molar-refractivity contribution in [3.05, 3.63) is 11.9 Å². The molecule has 0 amide bonds. The fourth-order valence-electron chi connectivity index (χ4n) is 2.72. The Morgan fingerprint density at radius 3 is 2.95 bits per heavy atom. The first-order chi connectivity index (χ1) is 9.27. The lowest BCUT2D eigenvalue weighted by molar-refractivity contribution is 0.254. The van der Waals surface area contributed by atoms with Crippen LogP contribution in [0.25, 0.3) is 0 Å². The summed E-state index contributed by atoms with van der Waals surface area (Å²) in [7, 11) is 0. The number of rotatable bonds is 4. The van der Waals surface area contributed by atoms with Gasteiger partial charge in [0, 0.05) is 18.7 Å². The molecule has 0 aliphatic carbocycles. The van der Waals surface area contributed by atoms with Gasteiger partial charge in [-0.15, -0.1) is 0 Å². The molecule has 2 N–H and O–H groups in total. The number of aliphatic hydroxyl groups excluding tert-OH is 1. The monoisotopic (exact) mass is 264 g/mol. The molecule has 0 aromatic carbocycles. The average molecular weight is 264 g/mol. The van der Waals surface area contributed by atoms with E-state index in [9.17, 15) is 5.11 Å². The zero-order valence-corrected chi connectivity index (χ0v) is 11.9. The first-order valence-electron chi connectivity index (χ1n) is 7.21. The fourth-order valence-corrected chi connectivity index (χ4v) is 2.72. The van der Waals surface area contributed by atoms with Crippen molar-refractivity contribution in [1.29, 1.82) is 0 Å². The molecule has 5 heteroatoms. The third-order valence-electron chi connectivity index (χ3n) is 3.76. The van der Waals surface area contributed by atoms with E-state index in [-0.39, 0.29) is 12.6 Å². The highest BCUT2D eigenvalue weighted by Crippen LogP contribution is 2.27. The third-order valence-corrected chi connectivity index (χ3v) is 3.76. The van der Waals surface area contributed by atoms with Crippen molar-refractivity contribution < 1.29 is 5.11 Å². The molecule has 106 valence electrons. The lowest BCUT2D eigenvalue weighted by Gasteiger charge is -2.31. The maximum Gasteiger partial charge on any atom is 0.137 e. The van der Waals surface area contributed by atoms with Gasteiger partial charge >= 0.3 is 0 Å². The van der Waals surface area contributed by atoms with Crippen LogP contribution in [0.15, 0.2) is 6.33 Å². The normalized spacial score (nSPS) is 20.2. The molecule has 1 aliphatic heterocycles. The second-order valence-electron chi connectivity index (χ2n) is 5.08. The van der Waals surface area contributed by atoms with Gasteiger partial charge in [0.05, 0.1) is 12.6 Å². The van der Waals surface area contributed by atoms with Gasteiger partial charge in [0.25, 0.3) is 0 Å². The Bertz CT molecular complexity index is 410. The van der Waals surface area contributed by atoms with Crippen LogP contribution in [0.2, 0.25) is 0 Å². The molecule has 2 heterocycles. The standard InChI is InChI=1S/C14H24N4O/c1-3-15-13-11(2)14(17-10-16-13)18-8-6-4-5-7-12(18)9-19/h10,12,19H,3-9H2,1-2H3,(H,15,16,17). The largest absolute Gasteiger partial charge is 0.394 e. The number of aliphatic hydroxyl groups is 1. The Hall–Kier alpha value is -1.36. The molecule has 1 atom stereocenters. The average Bonchev–Trinajstić information content (AvgIpc) is 2.66. The summed E-state index contributed by atoms with van der Waals surface area (Å²) in [6, 6.07) is 0.186. The smallest absolute Gasteiger partial charge is 0.137 e. The zero-order chi connectivity index (χ0) is 13.7. The van der Waals surface area contributed by atoms with E-state index in [1.54, 1.807) is 6.33 Å². The van der Waals surface area contributed by atoms with E-state index in [0.29, 0.717) is 0 Å². The van der Waals surface area contributed by atoms with Crippen molar-refractivity contribution >= 4 is 11.6 Å². The molecule has 1 saturated heterocycles. The Balaban J connectivity index is 2.30. The Kier molecular flexibility index (Phi) is 4.96. The van der Waals surface area contributed by atoms with Gasteiger partial charge in [0.15, 0.2) is 0 Å². The zero-order valence-electron chi connectivity index (χ0n) is 11.9. The van der Waals surface area contributed by atoms with Gasteiger partial charge in [0.1, 0.15) is 18.0 Å². The van der Waals surface area contributed by atoms with Crippen LogP contribution < -0.4 is 10.2 Å². The molecule has 0 radical (unpaired) electrons. The maximum atomic E-state index is 9.61. The van der Waals surface area contributed by atoms with Gasteiger partial charge in [-0.2, -0.15) is 0 Å². The van der Waals surface area contributed by atoms with Crippen LogP contribution in [-0.4, -0.2) is 40.8 Å². The predicted molar refractivity (Wildman–Crippen MR) is 77.6 cm³/mol. The minimum absolute atomic E-state index is 0.186. The summed E-state index contributed by atoms with van der Waals surface area (Å²) in [5.74, 6) is 1.86. The molecular weight excluding hydrogens is 240 g/mol. The first-order valence-corrected chi connectivity index (χ1v) is 7.21. The Labute approximate surface area is 115 Å². The van der Waals surface area contributed by atoms with E-state index in [1.165, 1.54) is 12.8 Å². The van der Waals surface area contributed by atoms with Crippen molar-refractivity contribution in [1.82, 2.24) is 9.97 Å². The highest BCUT2D eigenvalue weighted by atomic mass is 16.3. The summed E-state index contributed by atoms with van der Waals surface area (Å²) in [5.41, 5.74) is 1.07. The summed E-state index contributed by atoms with van der Waals surface area (Å²) in [6.45, 7) is 6.12. The van der Waals surface area contributed by atoms with Crippen LogP contribution >= 0.6 is 0 Å². The second kappa shape index (κ2) is 6.70. The molecule has 1 fully saturated rings. The van der Waals surface area contributed by atoms with E-state index >= 15 is 0 Å². The van der Waals surface area contributed by atoms with Gasteiger partial charge < -0.3 is 15.3 Å². The summed E-state index contributed by atoms with van der Waals surface area (Å²) >= 11 is 0. The van der Waals surface area contributed by atoms with E-state index in [4.69, 9.17) is 0 Å². The van der Waals surface area contributed by atoms with Crippen molar-refractivity contribution in [3.8, 4) is 0 Å². The predicted octanol–water partition coefficient (Wildman–Crippen LogP) is 1.96. The molecule has 0 bridgehead atoms. The molecule has 1 aromatic heterocycles. The summed E-state index contributed by atoms with van der Waals surface area (Å²) in [6.07, 6.45) is 6.23. The number of nitrogens with one attached hydrogen (secondary N) is 1. The van der Waals surface area contributed by atoms with Crippen LogP contribution in [0.3, 0.4) is 0 Å². The van der Waals surface area contributed by atoms with E-state index in [2.05, 4.69) is 27.1 Å². The number of hydrogen-bond donors (Lipinski definition) is 2. The third kappa shape index (κ3) is 3.15. The van der Waals surface area contributed by atoms with Crippen LogP contribution in [0.1, 0.15) is 38.2 Å². The lowest BCUT2D eigenvalue weighted by atomic mass is 10.1. The molecule has 1 aliphatic rings. The van der Waals surface area contributed by atoms with Crippen molar-refractivity contribution in [2.24, 2.45) is 0 Å². The molecule has 5 nitrogen and oxygen atoms in total. The summed E-state index contributed by atoms with van der Waals surface area (Å²) < 4.78 is 0. The lowest BCUT2D eigenvalue weighted by Crippen LogP contribution is -2.38. The summed E-state index contributed by atoms with van der Waals surface area (Å²) in [4.78, 5) is 11.0.